The maximum atomic E-state index is 11.6. The Bertz CT molecular complexity index is 3980. The van der Waals surface area contributed by atoms with E-state index in [2.05, 4.69) is 122 Å². The van der Waals surface area contributed by atoms with Crippen LogP contribution in [0.2, 0.25) is 0 Å². The second kappa shape index (κ2) is 33.9. The first-order valence-corrected chi connectivity index (χ1v) is 32.9. The molecule has 3 saturated carbocycles. The maximum absolute atomic E-state index is 11.6. The van der Waals surface area contributed by atoms with E-state index in [-0.39, 0.29) is 52.5 Å². The fourth-order valence-electron chi connectivity index (χ4n) is 12.5. The summed E-state index contributed by atoms with van der Waals surface area (Å²) < 4.78 is 49.3. The molecule has 6 unspecified atom stereocenters. The van der Waals surface area contributed by atoms with Crippen LogP contribution in [0.3, 0.4) is 0 Å². The number of ether oxygens (including phenoxy) is 8. The Labute approximate surface area is 573 Å². The van der Waals surface area contributed by atoms with Crippen LogP contribution < -0.4 is 34.0 Å². The number of aliphatic hydroxyl groups is 2. The molecule has 9 heterocycles. The number of imidazole rings is 2. The molecular formula is C70H106N14O14. The van der Waals surface area contributed by atoms with E-state index in [1.807, 2.05) is 35.3 Å². The third-order valence-corrected chi connectivity index (χ3v) is 20.1. The normalized spacial score (nSPS) is 27.5. The van der Waals surface area contributed by atoms with Crippen LogP contribution in [-0.4, -0.2) is 160 Å². The molecule has 540 valence electrons. The van der Waals surface area contributed by atoms with E-state index >= 15 is 0 Å². The highest BCUT2D eigenvalue weighted by Gasteiger charge is 2.66. The molecule has 1 saturated heterocycles. The molecular weight excluding hydrogens is 1260 g/mol. The van der Waals surface area contributed by atoms with Crippen LogP contribution in [0.25, 0.3) is 28.5 Å². The summed E-state index contributed by atoms with van der Waals surface area (Å²) in [5.41, 5.74) is 16.8. The molecule has 8 N–H and O–H groups in total. The molecule has 0 aromatic carbocycles. The fourth-order valence-corrected chi connectivity index (χ4v) is 12.5. The molecule has 6 aliphatic rings. The van der Waals surface area contributed by atoms with Gasteiger partial charge in [-0.3, -0.25) is 33.3 Å². The van der Waals surface area contributed by atoms with Gasteiger partial charge in [0.2, 0.25) is 0 Å². The van der Waals surface area contributed by atoms with Gasteiger partial charge in [0.1, 0.15) is 30.6 Å². The lowest BCUT2D eigenvalue weighted by molar-refractivity contribution is -0.252. The zero-order valence-electron chi connectivity index (χ0n) is 60.6. The van der Waals surface area contributed by atoms with Gasteiger partial charge in [-0.1, -0.05) is 85.8 Å². The highest BCUT2D eigenvalue weighted by Crippen LogP contribution is 2.62. The first-order valence-electron chi connectivity index (χ1n) is 32.9. The van der Waals surface area contributed by atoms with E-state index in [1.165, 1.54) is 58.9 Å². The van der Waals surface area contributed by atoms with Gasteiger partial charge in [0.25, 0.3) is 11.1 Å². The van der Waals surface area contributed by atoms with Crippen molar-refractivity contribution in [1.82, 2.24) is 58.1 Å². The molecule has 98 heavy (non-hydrogen) atoms. The summed E-state index contributed by atoms with van der Waals surface area (Å²) >= 11 is 0. The zero-order valence-corrected chi connectivity index (χ0v) is 60.6. The fraction of sp³-hybridized carbons (Fsp3) is 0.600. The first-order chi connectivity index (χ1) is 46.1. The van der Waals surface area contributed by atoms with E-state index in [0.29, 0.717) is 88.3 Å². The quantitative estimate of drug-likeness (QED) is 0.0594. The summed E-state index contributed by atoms with van der Waals surface area (Å²) in [5.74, 6) is 2.83. The molecule has 6 aromatic rings. The van der Waals surface area contributed by atoms with E-state index in [1.54, 1.807) is 73.2 Å². The van der Waals surface area contributed by atoms with Crippen LogP contribution in [0.15, 0.2) is 111 Å². The lowest BCUT2D eigenvalue weighted by Gasteiger charge is -2.44. The van der Waals surface area contributed by atoms with Crippen molar-refractivity contribution in [3.63, 3.8) is 0 Å². The molecule has 0 bridgehead atoms. The third kappa shape index (κ3) is 18.2. The first kappa shape index (κ1) is 79.3. The van der Waals surface area contributed by atoms with E-state index in [0.717, 1.165) is 30.5 Å². The summed E-state index contributed by atoms with van der Waals surface area (Å²) in [6.45, 7) is 38.3. The highest BCUT2D eigenvalue weighted by atomic mass is 16.7. The van der Waals surface area contributed by atoms with E-state index in [4.69, 9.17) is 54.5 Å². The Morgan fingerprint density at radius 3 is 1.66 bits per heavy atom. The van der Waals surface area contributed by atoms with Crippen LogP contribution in [0, 0.1) is 54.3 Å². The molecule has 13 atom stereocenters. The minimum atomic E-state index is -0.534. The number of nitrogens with zero attached hydrogens (tertiary/aromatic N) is 10. The van der Waals surface area contributed by atoms with Crippen molar-refractivity contribution in [3.8, 4) is 0 Å². The molecule has 0 spiro atoms. The number of nitrogens with two attached hydrogens (primary N) is 2. The number of aliphatic hydroxyl groups excluding tert-OH is 2. The predicted octanol–water partition coefficient (Wildman–Crippen LogP) is 8.14. The summed E-state index contributed by atoms with van der Waals surface area (Å²) in [4.78, 5) is 74.5. The molecule has 28 heteroatoms. The topological polar surface area (TPSA) is 363 Å². The number of fused-ring (bicyclic) bond motifs is 2. The van der Waals surface area contributed by atoms with Crippen molar-refractivity contribution in [2.24, 2.45) is 40.4 Å². The lowest BCUT2D eigenvalue weighted by Crippen LogP contribution is -2.47. The Morgan fingerprint density at radius 1 is 0.694 bits per heavy atom. The number of aryl methyl sites for hydroxylation is 2. The number of nitrogen functional groups attached to an aromatic ring is 2. The molecule has 12 rings (SSSR count). The Hall–Kier alpha value is -7.64. The summed E-state index contributed by atoms with van der Waals surface area (Å²) in [5, 5.41) is 18.4. The molecule has 3 aliphatic carbocycles. The Balaban J connectivity index is 0.000000182. The van der Waals surface area contributed by atoms with Gasteiger partial charge in [0, 0.05) is 94.5 Å². The number of aromatic amines is 2. The number of hydrogen-bond acceptors (Lipinski definition) is 22. The van der Waals surface area contributed by atoms with Gasteiger partial charge in [-0.2, -0.15) is 0 Å². The molecule has 0 radical (unpaired) electrons. The number of aromatic nitrogens is 12. The predicted molar refractivity (Wildman–Crippen MR) is 376 cm³/mol. The van der Waals surface area contributed by atoms with Crippen molar-refractivity contribution in [2.75, 3.05) is 66.8 Å². The number of nitrogens with one attached hydrogen (secondary N) is 2. The largest absolute Gasteiger partial charge is 0.396 e. The standard InChI is InChI=1S/C12H24O2.C11H14N2O4.C10H13N5O.C10H12N2O4.C9H11N5O.2C9H16O/c1-9(2)10(3,4)12(7,13-8)14-11(9,5)6;1-7-5-13(11(15)12-10(7)14)9-4-3-8(17-9)6-16-2;1-7(4-16-2)3-15-6-14-8-9(11)12-5-13-10(8)15;1-6-5-12(10(14)11-9(6)13)7-3-4-8(15-2)16-7;1-15-6-2-5(6)14-4-13-7-8(10)11-3-12-9(7)14;1-6-4-7(2)9(5-10)8(6)3;1-4-8-7(3)6(2)5-9(8)10/h1-8H3;3-5,8-9H,6H2,1-2H3,(H,12,14,15);3,5-6H,4H2,1-2H3,(H2,11,12,13);3-5,7-8H,1-2H3,(H,11,13,14);3-6H,2H2,1H3,(H2,10,11,12);6-7,9-10H,3-5H2,1-2H3;6,8-10H,3-5H2,1-2H3/t12-;;;;;6-,7-,9+;6-,8-,9-/m0....00/s1. The average Bonchev–Trinajstić information content (AvgIpc) is 1.55. The van der Waals surface area contributed by atoms with E-state index < -0.39 is 35.9 Å². The van der Waals surface area contributed by atoms with Gasteiger partial charge >= 0.3 is 11.4 Å². The number of anilines is 2. The van der Waals surface area contributed by atoms with Crippen molar-refractivity contribution < 1.29 is 48.1 Å². The van der Waals surface area contributed by atoms with Crippen LogP contribution >= 0.6 is 0 Å². The summed E-state index contributed by atoms with van der Waals surface area (Å²) in [6.07, 6.45) is 20.8. The SMILES string of the molecule is C=C1[C@@H](C)C[C@H](C)[C@H]1CO.C=C1[C@@H](C)C[C@H](O)[C@H]1CC.COC1C=CC(n2cc(C)c(=O)[nH]c2=O)O1.COC1CC1n1cnc2c(N)ncnc21.COCC(C)=Cn1cnc2c(N)ncnc21.COCC1C=CC(n2cc(C)c(=O)[nH]c2=O)O1.CO[C@@]1(C)OC(C)(C)C(C)(C)C1(C)C. The summed E-state index contributed by atoms with van der Waals surface area (Å²) in [7, 11) is 8.19. The van der Waals surface area contributed by atoms with Crippen molar-refractivity contribution >= 4 is 40.2 Å². The van der Waals surface area contributed by atoms with Gasteiger partial charge in [0.15, 0.2) is 53.0 Å². The third-order valence-electron chi connectivity index (χ3n) is 20.1. The molecule has 4 fully saturated rings. The number of hydrogen-bond donors (Lipinski definition) is 6. The van der Waals surface area contributed by atoms with Crippen LogP contribution in [-0.2, 0) is 37.9 Å². The van der Waals surface area contributed by atoms with Crippen molar-refractivity contribution in [1.29, 1.82) is 0 Å². The highest BCUT2D eigenvalue weighted by molar-refractivity contribution is 5.83. The monoisotopic (exact) mass is 1370 g/mol. The van der Waals surface area contributed by atoms with Gasteiger partial charge in [-0.05, 0) is 109 Å². The number of rotatable bonds is 13. The van der Waals surface area contributed by atoms with Crippen LogP contribution in [0.5, 0.6) is 0 Å². The van der Waals surface area contributed by atoms with Crippen LogP contribution in [0.1, 0.15) is 138 Å². The van der Waals surface area contributed by atoms with Gasteiger partial charge in [0.05, 0.1) is 43.4 Å². The minimum absolute atomic E-state index is 0.0156. The summed E-state index contributed by atoms with van der Waals surface area (Å²) in [6, 6.07) is 0.342. The van der Waals surface area contributed by atoms with Crippen LogP contribution in [0.4, 0.5) is 11.6 Å². The minimum Gasteiger partial charge on any atom is -0.396 e. The van der Waals surface area contributed by atoms with Gasteiger partial charge in [-0.25, -0.2) is 39.5 Å². The smallest absolute Gasteiger partial charge is 0.330 e. The van der Waals surface area contributed by atoms with Gasteiger partial charge in [-0.15, -0.1) is 0 Å². The maximum Gasteiger partial charge on any atom is 0.330 e. The van der Waals surface area contributed by atoms with Crippen molar-refractivity contribution in [3.05, 3.63) is 145 Å². The van der Waals surface area contributed by atoms with Crippen molar-refractivity contribution in [2.45, 2.75) is 177 Å². The molecule has 28 nitrogen and oxygen atoms in total. The average molecular weight is 1370 g/mol. The molecule has 6 aromatic heterocycles. The number of H-pyrrole nitrogens is 2. The Kier molecular flexibility index (Phi) is 27.5. The second-order valence-corrected chi connectivity index (χ2v) is 27.3. The van der Waals surface area contributed by atoms with Gasteiger partial charge < -0.3 is 64.1 Å². The molecule has 3 aliphatic heterocycles. The van der Waals surface area contributed by atoms with E-state index in [9.17, 15) is 24.3 Å². The number of methoxy groups -OCH3 is 5. The second-order valence-electron chi connectivity index (χ2n) is 27.3. The molecule has 0 amide bonds. The lowest BCUT2D eigenvalue weighted by atomic mass is 9.60. The Morgan fingerprint density at radius 2 is 1.23 bits per heavy atom. The zero-order chi connectivity index (χ0) is 72.9.